The molecular formula is C20H20Cl2N4S. The van der Waals surface area contributed by atoms with Crippen molar-refractivity contribution in [2.45, 2.75) is 31.2 Å². The summed E-state index contributed by atoms with van der Waals surface area (Å²) in [6.07, 6.45) is 7.08. The van der Waals surface area contributed by atoms with Crippen molar-refractivity contribution in [1.82, 2.24) is 19.4 Å². The van der Waals surface area contributed by atoms with Crippen LogP contribution in [0.15, 0.2) is 47.9 Å². The molecule has 0 saturated heterocycles. The van der Waals surface area contributed by atoms with E-state index in [1.165, 1.54) is 17.0 Å². The summed E-state index contributed by atoms with van der Waals surface area (Å²) in [6.45, 7) is 3.58. The number of rotatable bonds is 5. The molecule has 1 aliphatic heterocycles. The molecule has 1 aromatic carbocycles. The van der Waals surface area contributed by atoms with Crippen molar-refractivity contribution in [3.8, 4) is 0 Å². The third-order valence-corrected chi connectivity index (χ3v) is 6.12. The molecule has 4 nitrogen and oxygen atoms in total. The van der Waals surface area contributed by atoms with Crippen molar-refractivity contribution in [3.05, 3.63) is 75.3 Å². The Bertz CT molecular complexity index is 957. The van der Waals surface area contributed by atoms with Crippen molar-refractivity contribution in [1.29, 1.82) is 0 Å². The lowest BCUT2D eigenvalue weighted by Crippen LogP contribution is -2.31. The molecule has 0 saturated carbocycles. The number of fused-ring (bicyclic) bond motifs is 1. The van der Waals surface area contributed by atoms with E-state index in [2.05, 4.69) is 37.8 Å². The second-order valence-corrected chi connectivity index (χ2v) is 8.25. The molecule has 4 rings (SSSR count). The highest BCUT2D eigenvalue weighted by Crippen LogP contribution is 2.24. The Morgan fingerprint density at radius 1 is 1.15 bits per heavy atom. The lowest BCUT2D eigenvalue weighted by atomic mass is 10.1. The van der Waals surface area contributed by atoms with Crippen LogP contribution in [0, 0.1) is 0 Å². The van der Waals surface area contributed by atoms with Gasteiger partial charge in [-0.25, -0.2) is 9.97 Å². The van der Waals surface area contributed by atoms with Crippen molar-refractivity contribution in [3.63, 3.8) is 0 Å². The van der Waals surface area contributed by atoms with Crippen LogP contribution >= 0.6 is 35.0 Å². The molecule has 7 heteroatoms. The highest BCUT2D eigenvalue weighted by atomic mass is 35.5. The molecule has 3 heterocycles. The molecule has 3 aromatic rings. The van der Waals surface area contributed by atoms with E-state index in [-0.39, 0.29) is 0 Å². The average Bonchev–Trinajstić information content (AvgIpc) is 3.11. The molecule has 0 fully saturated rings. The minimum absolute atomic E-state index is 0.590. The van der Waals surface area contributed by atoms with Gasteiger partial charge in [0.15, 0.2) is 5.16 Å². The van der Waals surface area contributed by atoms with E-state index < -0.39 is 0 Å². The highest BCUT2D eigenvalue weighted by Gasteiger charge is 2.19. The predicted molar refractivity (Wildman–Crippen MR) is 112 cm³/mol. The Morgan fingerprint density at radius 2 is 2.04 bits per heavy atom. The molecular weight excluding hydrogens is 399 g/mol. The first-order valence-corrected chi connectivity index (χ1v) is 10.8. The fraction of sp³-hybridized carbons (Fsp3) is 0.300. The number of thioether (sulfide) groups is 1. The fourth-order valence-electron chi connectivity index (χ4n) is 3.40. The zero-order valence-corrected chi connectivity index (χ0v) is 17.4. The van der Waals surface area contributed by atoms with Gasteiger partial charge in [0.25, 0.3) is 0 Å². The number of hydrogen-bond acceptors (Lipinski definition) is 4. The predicted octanol–water partition coefficient (Wildman–Crippen LogP) is 4.91. The Labute approximate surface area is 173 Å². The minimum atomic E-state index is 0.590. The first-order valence-electron chi connectivity index (χ1n) is 8.81. The zero-order valence-electron chi connectivity index (χ0n) is 15.0. The smallest absolute Gasteiger partial charge is 0.187 e. The highest BCUT2D eigenvalue weighted by molar-refractivity contribution is 7.98. The van der Waals surface area contributed by atoms with E-state index in [1.807, 2.05) is 30.7 Å². The van der Waals surface area contributed by atoms with Gasteiger partial charge in [-0.1, -0.05) is 41.0 Å². The van der Waals surface area contributed by atoms with E-state index in [4.69, 9.17) is 23.2 Å². The van der Waals surface area contributed by atoms with Gasteiger partial charge in [-0.05, 0) is 36.1 Å². The number of nitrogens with zero attached hydrogens (tertiary/aromatic N) is 4. The maximum Gasteiger partial charge on any atom is 0.187 e. The molecule has 0 radical (unpaired) electrons. The van der Waals surface area contributed by atoms with Gasteiger partial charge in [-0.3, -0.25) is 4.90 Å². The van der Waals surface area contributed by atoms with Gasteiger partial charge in [0.2, 0.25) is 0 Å². The van der Waals surface area contributed by atoms with Crippen LogP contribution in [-0.4, -0.2) is 32.2 Å². The maximum absolute atomic E-state index is 6.16. The molecule has 0 atom stereocenters. The number of aromatic nitrogens is 3. The van der Waals surface area contributed by atoms with Gasteiger partial charge in [0, 0.05) is 56.3 Å². The third-order valence-electron chi connectivity index (χ3n) is 4.82. The summed E-state index contributed by atoms with van der Waals surface area (Å²) >= 11 is 13.8. The second-order valence-electron chi connectivity index (χ2n) is 6.67. The summed E-state index contributed by atoms with van der Waals surface area (Å²) in [7, 11) is 0. The quantitative estimate of drug-likeness (QED) is 0.435. The van der Waals surface area contributed by atoms with Crippen LogP contribution in [0.3, 0.4) is 0 Å². The van der Waals surface area contributed by atoms with Gasteiger partial charge in [0.1, 0.15) is 0 Å². The van der Waals surface area contributed by atoms with Gasteiger partial charge in [0.05, 0.1) is 15.7 Å². The number of hydrogen-bond donors (Lipinski definition) is 0. The van der Waals surface area contributed by atoms with E-state index in [9.17, 15) is 0 Å². The molecule has 0 spiro atoms. The van der Waals surface area contributed by atoms with Gasteiger partial charge in [-0.2, -0.15) is 0 Å². The van der Waals surface area contributed by atoms with Crippen LogP contribution in [0.2, 0.25) is 10.0 Å². The summed E-state index contributed by atoms with van der Waals surface area (Å²) in [5, 5.41) is 2.05. The third kappa shape index (κ3) is 4.32. The summed E-state index contributed by atoms with van der Waals surface area (Å²) < 4.78 is 2.27. The van der Waals surface area contributed by atoms with Crippen molar-refractivity contribution >= 4 is 35.0 Å². The van der Waals surface area contributed by atoms with E-state index in [0.29, 0.717) is 10.0 Å². The van der Waals surface area contributed by atoms with E-state index in [1.54, 1.807) is 11.8 Å². The van der Waals surface area contributed by atoms with Gasteiger partial charge in [-0.15, -0.1) is 0 Å². The maximum atomic E-state index is 6.16. The molecule has 27 heavy (non-hydrogen) atoms. The largest absolute Gasteiger partial charge is 0.346 e. The molecule has 1 aliphatic rings. The SMILES string of the molecule is CSc1ncc2c(n1)CCN(Cc1cccn1Cc1ccc(Cl)c(Cl)c1)C2. The fourth-order valence-corrected chi connectivity index (χ4v) is 4.08. The van der Waals surface area contributed by atoms with Crippen LogP contribution < -0.4 is 0 Å². The Morgan fingerprint density at radius 3 is 2.85 bits per heavy atom. The average molecular weight is 419 g/mol. The molecule has 0 bridgehead atoms. The molecule has 2 aromatic heterocycles. The van der Waals surface area contributed by atoms with Crippen LogP contribution in [-0.2, 0) is 26.1 Å². The summed E-state index contributed by atoms with van der Waals surface area (Å²) in [4.78, 5) is 11.5. The first-order chi connectivity index (χ1) is 13.1. The Hall–Kier alpha value is -1.53. The lowest BCUT2D eigenvalue weighted by Gasteiger charge is -2.28. The zero-order chi connectivity index (χ0) is 18.8. The minimum Gasteiger partial charge on any atom is -0.346 e. The molecule has 0 unspecified atom stereocenters. The van der Waals surface area contributed by atoms with E-state index >= 15 is 0 Å². The molecule has 0 aliphatic carbocycles. The summed E-state index contributed by atoms with van der Waals surface area (Å²) in [5.41, 5.74) is 4.86. The lowest BCUT2D eigenvalue weighted by molar-refractivity contribution is 0.236. The molecule has 0 amide bonds. The topological polar surface area (TPSA) is 34.0 Å². The van der Waals surface area contributed by atoms with Gasteiger partial charge < -0.3 is 4.57 Å². The molecule has 0 N–H and O–H groups in total. The van der Waals surface area contributed by atoms with Crippen molar-refractivity contribution < 1.29 is 0 Å². The van der Waals surface area contributed by atoms with Crippen molar-refractivity contribution in [2.75, 3.05) is 12.8 Å². The molecule has 140 valence electrons. The van der Waals surface area contributed by atoms with Crippen LogP contribution in [0.5, 0.6) is 0 Å². The number of halogens is 2. The first kappa shape index (κ1) is 18.8. The summed E-state index contributed by atoms with van der Waals surface area (Å²) in [5.74, 6) is 0. The van der Waals surface area contributed by atoms with Crippen LogP contribution in [0.1, 0.15) is 22.5 Å². The number of benzene rings is 1. The van der Waals surface area contributed by atoms with Crippen LogP contribution in [0.25, 0.3) is 0 Å². The standard InChI is InChI=1S/C20H20Cl2N4S/c1-27-20-23-10-15-12-25(8-6-19(15)24-20)13-16-3-2-7-26(16)11-14-4-5-17(21)18(22)9-14/h2-5,7,9-10H,6,8,11-13H2,1H3. The summed E-state index contributed by atoms with van der Waals surface area (Å²) in [6, 6.07) is 10.1. The monoisotopic (exact) mass is 418 g/mol. The van der Waals surface area contributed by atoms with Crippen molar-refractivity contribution in [2.24, 2.45) is 0 Å². The van der Waals surface area contributed by atoms with Gasteiger partial charge >= 0.3 is 0 Å². The second kappa shape index (κ2) is 8.23. The normalized spacial score (nSPS) is 14.3. The van der Waals surface area contributed by atoms with E-state index in [0.717, 1.165) is 43.3 Å². The Balaban J connectivity index is 1.46. The van der Waals surface area contributed by atoms with Crippen LogP contribution in [0.4, 0.5) is 0 Å². The Kier molecular flexibility index (Phi) is 5.74.